The molecule has 0 N–H and O–H groups in total. The molecule has 0 amide bonds. The number of azo groups is 2. The van der Waals surface area contributed by atoms with Crippen LogP contribution >= 0.6 is 0 Å². The van der Waals surface area contributed by atoms with E-state index < -0.39 is 108 Å². The molecule has 3 aromatic rings. The van der Waals surface area contributed by atoms with Gasteiger partial charge in [0.15, 0.2) is 11.9 Å². The normalized spacial score (nSPS) is 11.0. The maximum absolute atomic E-state index is 11.8. The molecule has 0 aliphatic heterocycles. The van der Waals surface area contributed by atoms with Gasteiger partial charge in [-0.15, -0.1) is 20.5 Å². The Morgan fingerprint density at radius 2 is 0.783 bits per heavy atom. The standard InChI is InChI=1S/C17H5N13O16/c31-23(32)6-1-9(25(35)36)14(10(2-6)26(37)38)21-19-8-5-18-17(30(45)46)16(29(43)44)13(8)20-22-15-11(27(39)40)3-7(24(33)34)4-12(15)28(41)42/h1-5H. The van der Waals surface area contributed by atoms with Gasteiger partial charge in [-0.2, -0.15) is 0 Å². The van der Waals surface area contributed by atoms with E-state index in [-0.39, 0.29) is 24.3 Å². The molecule has 0 unspecified atom stereocenters. The van der Waals surface area contributed by atoms with Crippen LogP contribution < -0.4 is 0 Å². The molecule has 0 saturated heterocycles. The second kappa shape index (κ2) is 12.5. The van der Waals surface area contributed by atoms with Crippen LogP contribution in [-0.4, -0.2) is 44.4 Å². The number of hydrogen-bond donors (Lipinski definition) is 0. The lowest BCUT2D eigenvalue weighted by Crippen LogP contribution is -2.00. The Kier molecular flexibility index (Phi) is 8.81. The monoisotopic (exact) mass is 647 g/mol. The van der Waals surface area contributed by atoms with Crippen molar-refractivity contribution in [1.82, 2.24) is 4.98 Å². The molecule has 0 radical (unpaired) electrons. The van der Waals surface area contributed by atoms with Gasteiger partial charge in [0, 0.05) is 0 Å². The lowest BCUT2D eigenvalue weighted by molar-refractivity contribution is -0.425. The van der Waals surface area contributed by atoms with E-state index in [1.807, 2.05) is 0 Å². The summed E-state index contributed by atoms with van der Waals surface area (Å²) in [4.78, 5) is 83.8. The molecule has 46 heavy (non-hydrogen) atoms. The Labute approximate surface area is 245 Å². The van der Waals surface area contributed by atoms with Crippen LogP contribution in [0, 0.1) is 80.9 Å². The molecular weight excluding hydrogens is 642 g/mol. The molecular formula is C17H5N13O16. The van der Waals surface area contributed by atoms with Crippen molar-refractivity contribution in [2.24, 2.45) is 20.5 Å². The van der Waals surface area contributed by atoms with E-state index in [1.165, 1.54) is 0 Å². The molecule has 234 valence electrons. The van der Waals surface area contributed by atoms with E-state index in [0.717, 1.165) is 0 Å². The first kappa shape index (κ1) is 32.5. The third-order valence-corrected chi connectivity index (χ3v) is 5.17. The van der Waals surface area contributed by atoms with Crippen LogP contribution in [-0.2, 0) is 0 Å². The van der Waals surface area contributed by atoms with Gasteiger partial charge in [-0.05, 0) is 9.91 Å². The quantitative estimate of drug-likeness (QED) is 0.139. The number of non-ortho nitro benzene ring substituents is 2. The van der Waals surface area contributed by atoms with Crippen LogP contribution in [0.4, 0.5) is 68.4 Å². The first-order chi connectivity index (χ1) is 21.5. The van der Waals surface area contributed by atoms with Crippen molar-refractivity contribution in [3.8, 4) is 0 Å². The minimum absolute atomic E-state index is 0.207. The van der Waals surface area contributed by atoms with Crippen LogP contribution in [0.25, 0.3) is 0 Å². The summed E-state index contributed by atoms with van der Waals surface area (Å²) in [6.07, 6.45) is 0.296. The fraction of sp³-hybridized carbons (Fsp3) is 0. The van der Waals surface area contributed by atoms with Crippen molar-refractivity contribution in [2.75, 3.05) is 0 Å². The lowest BCUT2D eigenvalue weighted by Gasteiger charge is -2.02. The summed E-state index contributed by atoms with van der Waals surface area (Å²) in [6, 6.07) is 0.896. The highest BCUT2D eigenvalue weighted by atomic mass is 16.7. The Bertz CT molecular complexity index is 1920. The molecule has 0 aliphatic carbocycles. The molecule has 29 heteroatoms. The molecule has 0 bridgehead atoms. The molecule has 0 spiro atoms. The highest BCUT2D eigenvalue weighted by molar-refractivity contribution is 5.79. The van der Waals surface area contributed by atoms with Crippen LogP contribution in [0.3, 0.4) is 0 Å². The Balaban J connectivity index is 2.42. The van der Waals surface area contributed by atoms with Gasteiger partial charge in [0.2, 0.25) is 17.1 Å². The van der Waals surface area contributed by atoms with E-state index in [0.29, 0.717) is 6.20 Å². The van der Waals surface area contributed by atoms with Gasteiger partial charge in [0.05, 0.1) is 58.7 Å². The fourth-order valence-electron chi connectivity index (χ4n) is 3.30. The number of benzene rings is 2. The van der Waals surface area contributed by atoms with E-state index in [1.54, 1.807) is 0 Å². The summed E-state index contributed by atoms with van der Waals surface area (Å²) in [7, 11) is 0. The van der Waals surface area contributed by atoms with Crippen LogP contribution in [0.1, 0.15) is 0 Å². The van der Waals surface area contributed by atoms with Gasteiger partial charge in [0.25, 0.3) is 11.4 Å². The van der Waals surface area contributed by atoms with Gasteiger partial charge in [-0.25, -0.2) is 0 Å². The highest BCUT2D eigenvalue weighted by Crippen LogP contribution is 2.47. The average Bonchev–Trinajstić information content (AvgIpc) is 2.97. The second-order valence-electron chi connectivity index (χ2n) is 7.79. The third kappa shape index (κ3) is 6.40. The predicted molar refractivity (Wildman–Crippen MR) is 139 cm³/mol. The fourth-order valence-corrected chi connectivity index (χ4v) is 3.30. The molecule has 0 saturated carbocycles. The molecule has 1 heterocycles. The number of nitrogens with zero attached hydrogens (tertiary/aromatic N) is 13. The van der Waals surface area contributed by atoms with Crippen molar-refractivity contribution in [3.63, 3.8) is 0 Å². The number of pyridine rings is 1. The molecule has 3 rings (SSSR count). The molecule has 0 atom stereocenters. The van der Waals surface area contributed by atoms with Crippen LogP contribution in [0.5, 0.6) is 0 Å². The van der Waals surface area contributed by atoms with Gasteiger partial charge >= 0.3 is 34.3 Å². The molecule has 0 aliphatic rings. The first-order valence-electron chi connectivity index (χ1n) is 10.8. The summed E-state index contributed by atoms with van der Waals surface area (Å²) < 4.78 is 0. The maximum atomic E-state index is 11.8. The Hall–Kier alpha value is -8.01. The zero-order valence-corrected chi connectivity index (χ0v) is 21.2. The topological polar surface area (TPSA) is 407 Å². The maximum Gasteiger partial charge on any atom is 0.445 e. The van der Waals surface area contributed by atoms with Crippen molar-refractivity contribution in [3.05, 3.63) is 111 Å². The summed E-state index contributed by atoms with van der Waals surface area (Å²) in [6.45, 7) is 0. The summed E-state index contributed by atoms with van der Waals surface area (Å²) in [5.74, 6) is -1.59. The average molecular weight is 647 g/mol. The van der Waals surface area contributed by atoms with Crippen molar-refractivity contribution in [1.29, 1.82) is 0 Å². The molecule has 0 fully saturated rings. The minimum atomic E-state index is -1.69. The number of nitro benzene ring substituents is 6. The predicted octanol–water partition coefficient (Wildman–Crippen LogP) is 5.18. The number of rotatable bonds is 12. The molecule has 1 aromatic heterocycles. The van der Waals surface area contributed by atoms with Crippen molar-refractivity contribution in [2.45, 2.75) is 0 Å². The van der Waals surface area contributed by atoms with Gasteiger partial charge < -0.3 is 10.1 Å². The van der Waals surface area contributed by atoms with Crippen molar-refractivity contribution >= 4 is 68.4 Å². The van der Waals surface area contributed by atoms with E-state index >= 15 is 0 Å². The van der Waals surface area contributed by atoms with E-state index in [9.17, 15) is 80.9 Å². The Morgan fingerprint density at radius 1 is 0.435 bits per heavy atom. The SMILES string of the molecule is O=[N+]([O-])c1cc([N+](=O)[O-])c(N=Nc2cnc([N+](=O)[O-])c([N+](=O)[O-])c2N=Nc2c([N+](=O)[O-])cc([N+](=O)[O-])cc2[N+](=O)[O-])c([N+](=O)[O-])c1. The summed E-state index contributed by atoms with van der Waals surface area (Å²) >= 11 is 0. The van der Waals surface area contributed by atoms with Gasteiger partial charge in [-0.3, -0.25) is 70.8 Å². The van der Waals surface area contributed by atoms with Gasteiger partial charge in [-0.1, -0.05) is 0 Å². The van der Waals surface area contributed by atoms with Crippen LogP contribution in [0.2, 0.25) is 0 Å². The van der Waals surface area contributed by atoms with Crippen LogP contribution in [0.15, 0.2) is 50.9 Å². The number of aromatic nitrogens is 1. The number of nitro groups is 8. The largest absolute Gasteiger partial charge is 0.445 e. The molecule has 2 aromatic carbocycles. The van der Waals surface area contributed by atoms with E-state index in [4.69, 9.17) is 0 Å². The zero-order chi connectivity index (χ0) is 34.6. The molecule has 29 nitrogen and oxygen atoms in total. The van der Waals surface area contributed by atoms with Crippen molar-refractivity contribution < 1.29 is 39.4 Å². The first-order valence-corrected chi connectivity index (χ1v) is 10.8. The van der Waals surface area contributed by atoms with Gasteiger partial charge in [0.1, 0.15) is 0 Å². The smallest absolute Gasteiger partial charge is 0.358 e. The lowest BCUT2D eigenvalue weighted by atomic mass is 10.2. The Morgan fingerprint density at radius 3 is 1.09 bits per heavy atom. The minimum Gasteiger partial charge on any atom is -0.358 e. The number of hydrogen-bond acceptors (Lipinski definition) is 21. The third-order valence-electron chi connectivity index (χ3n) is 5.17. The summed E-state index contributed by atoms with van der Waals surface area (Å²) in [5, 5.41) is 104. The second-order valence-corrected chi connectivity index (χ2v) is 7.79. The highest BCUT2D eigenvalue weighted by Gasteiger charge is 2.36. The van der Waals surface area contributed by atoms with E-state index in [2.05, 4.69) is 25.4 Å². The zero-order valence-electron chi connectivity index (χ0n) is 21.2. The summed E-state index contributed by atoms with van der Waals surface area (Å²) in [5.41, 5.74) is -14.8.